The van der Waals surface area contributed by atoms with Gasteiger partial charge in [-0.3, -0.25) is 29.2 Å². The molecule has 326 valence electrons. The number of carbonyl (C=O) groups is 4. The van der Waals surface area contributed by atoms with E-state index in [4.69, 9.17) is 14.5 Å². The summed E-state index contributed by atoms with van der Waals surface area (Å²) in [6.45, 7) is 15.2. The number of fused-ring (bicyclic) bond motifs is 6. The molecule has 61 heavy (non-hydrogen) atoms. The standard InChI is InChI=1S/C48H62N6O7/c1-10-53-40-16-15-31-24-36(40)37(43(53)34-13-11-17-49-41(34)29(5)60-9)25-48(6,7)26-61-47(59)38-14-12-18-54(51-38)46(58)39(22-30-20-32(31)23-33(55)21-30)50-44(56)42(27(2)3)52(8)45(57)35-19-28(35)4/h11,13,15-17,20-21,23-24,27-29,35,38-39,42,51,55H,10,12,14,18-19,22,25-26H2,1-9H3,(H,50,56)/t28-,29-,35+,38-,39-,42-/m0/s1. The zero-order valence-electron chi connectivity index (χ0n) is 37.1. The van der Waals surface area contributed by atoms with Crippen molar-refractivity contribution in [2.75, 3.05) is 27.3 Å². The molecule has 0 unspecified atom stereocenters. The van der Waals surface area contributed by atoms with Crippen molar-refractivity contribution in [3.05, 3.63) is 71.5 Å². The summed E-state index contributed by atoms with van der Waals surface area (Å²) in [7, 11) is 3.34. The summed E-state index contributed by atoms with van der Waals surface area (Å²) < 4.78 is 14.2. The first-order valence-electron chi connectivity index (χ1n) is 21.8. The summed E-state index contributed by atoms with van der Waals surface area (Å²) in [5.74, 6) is -1.48. The summed E-state index contributed by atoms with van der Waals surface area (Å²) in [4.78, 5) is 62.4. The largest absolute Gasteiger partial charge is 0.508 e. The lowest BCUT2D eigenvalue weighted by Gasteiger charge is -2.36. The molecular formula is C48H62N6O7. The minimum absolute atomic E-state index is 0.0177. The Morgan fingerprint density at radius 1 is 1.11 bits per heavy atom. The van der Waals surface area contributed by atoms with Crippen LogP contribution in [-0.4, -0.2) is 93.7 Å². The highest BCUT2D eigenvalue weighted by atomic mass is 16.5. The Balaban J connectivity index is 1.35. The molecule has 4 aromatic rings. The average Bonchev–Trinajstić information content (AvgIpc) is 3.90. The van der Waals surface area contributed by atoms with E-state index in [-0.39, 0.29) is 48.5 Å². The van der Waals surface area contributed by atoms with Crippen molar-refractivity contribution < 1.29 is 33.8 Å². The molecule has 3 aliphatic rings. The van der Waals surface area contributed by atoms with Gasteiger partial charge in [0.2, 0.25) is 11.8 Å². The van der Waals surface area contributed by atoms with Crippen molar-refractivity contribution in [3.63, 3.8) is 0 Å². The zero-order valence-corrected chi connectivity index (χ0v) is 37.1. The number of rotatable bonds is 9. The second-order valence-corrected chi connectivity index (χ2v) is 18.5. The predicted molar refractivity (Wildman–Crippen MR) is 234 cm³/mol. The van der Waals surface area contributed by atoms with Crippen LogP contribution in [0.1, 0.15) is 90.7 Å². The van der Waals surface area contributed by atoms with E-state index in [1.165, 1.54) is 9.91 Å². The molecule has 13 heteroatoms. The highest BCUT2D eigenvalue weighted by Gasteiger charge is 2.44. The number of esters is 1. The molecule has 1 aliphatic carbocycles. The van der Waals surface area contributed by atoms with Crippen LogP contribution in [0.2, 0.25) is 0 Å². The molecule has 6 atom stereocenters. The third-order valence-electron chi connectivity index (χ3n) is 12.8. The van der Waals surface area contributed by atoms with Gasteiger partial charge in [-0.25, -0.2) is 5.43 Å². The number of benzene rings is 2. The monoisotopic (exact) mass is 834 g/mol. The van der Waals surface area contributed by atoms with E-state index >= 15 is 0 Å². The Hall–Kier alpha value is -5.27. The number of nitrogens with zero attached hydrogens (tertiary/aromatic N) is 4. The lowest BCUT2D eigenvalue weighted by atomic mass is 9.84. The molecule has 3 N–H and O–H groups in total. The molecule has 2 aliphatic heterocycles. The van der Waals surface area contributed by atoms with Gasteiger partial charge in [-0.15, -0.1) is 0 Å². The number of ether oxygens (including phenoxy) is 2. The lowest BCUT2D eigenvalue weighted by Crippen LogP contribution is -2.62. The van der Waals surface area contributed by atoms with Gasteiger partial charge in [-0.1, -0.05) is 46.8 Å². The van der Waals surface area contributed by atoms with E-state index in [9.17, 15) is 24.3 Å². The molecule has 2 fully saturated rings. The molecule has 1 saturated heterocycles. The molecule has 2 aromatic heterocycles. The highest BCUT2D eigenvalue weighted by Crippen LogP contribution is 2.43. The van der Waals surface area contributed by atoms with Crippen LogP contribution in [0, 0.1) is 23.2 Å². The van der Waals surface area contributed by atoms with Gasteiger partial charge in [0.15, 0.2) is 0 Å². The number of phenols is 1. The number of nitrogens with one attached hydrogen (secondary N) is 2. The summed E-state index contributed by atoms with van der Waals surface area (Å²) >= 11 is 0. The van der Waals surface area contributed by atoms with Crippen molar-refractivity contribution in [2.24, 2.45) is 23.2 Å². The quantitative estimate of drug-likeness (QED) is 0.159. The predicted octanol–water partition coefficient (Wildman–Crippen LogP) is 6.59. The van der Waals surface area contributed by atoms with Gasteiger partial charge >= 0.3 is 5.97 Å². The normalized spacial score (nSPS) is 22.6. The fraction of sp³-hybridized carbons (Fsp3) is 0.521. The Bertz CT molecular complexity index is 2320. The number of hydrazine groups is 1. The number of likely N-dealkylation sites (N-methyl/N-ethyl adjacent to an activating group) is 1. The number of methoxy groups -OCH3 is 1. The third-order valence-corrected chi connectivity index (χ3v) is 12.8. The van der Waals surface area contributed by atoms with E-state index in [1.54, 1.807) is 32.5 Å². The van der Waals surface area contributed by atoms with Gasteiger partial charge in [0, 0.05) is 67.7 Å². The number of carbonyl (C=O) groups excluding carboxylic acids is 4. The average molecular weight is 835 g/mol. The van der Waals surface area contributed by atoms with Gasteiger partial charge in [-0.2, -0.15) is 0 Å². The smallest absolute Gasteiger partial charge is 0.324 e. The molecule has 0 radical (unpaired) electrons. The Labute approximate surface area is 359 Å². The van der Waals surface area contributed by atoms with Crippen LogP contribution >= 0.6 is 0 Å². The van der Waals surface area contributed by atoms with Crippen LogP contribution in [0.15, 0.2) is 54.7 Å². The minimum atomic E-state index is -1.09. The Morgan fingerprint density at radius 2 is 1.87 bits per heavy atom. The van der Waals surface area contributed by atoms with Crippen LogP contribution in [0.25, 0.3) is 33.3 Å². The maximum absolute atomic E-state index is 14.6. The molecule has 0 spiro atoms. The molecule has 4 heterocycles. The fourth-order valence-corrected chi connectivity index (χ4v) is 9.31. The van der Waals surface area contributed by atoms with Crippen molar-refractivity contribution in [3.8, 4) is 28.1 Å². The number of aryl methyl sites for hydroxylation is 1. The number of hydrogen-bond acceptors (Lipinski definition) is 9. The Morgan fingerprint density at radius 3 is 2.56 bits per heavy atom. The maximum Gasteiger partial charge on any atom is 0.324 e. The van der Waals surface area contributed by atoms with Crippen molar-refractivity contribution >= 4 is 34.6 Å². The molecular weight excluding hydrogens is 773 g/mol. The molecule has 3 amide bonds. The number of cyclic esters (lactones) is 1. The lowest BCUT2D eigenvalue weighted by molar-refractivity contribution is -0.155. The first kappa shape index (κ1) is 43.8. The maximum atomic E-state index is 14.6. The van der Waals surface area contributed by atoms with Crippen LogP contribution in [0.5, 0.6) is 5.75 Å². The van der Waals surface area contributed by atoms with E-state index in [2.05, 4.69) is 54.3 Å². The molecule has 1 saturated carbocycles. The number of aromatic nitrogens is 2. The third kappa shape index (κ3) is 9.04. The Kier molecular flexibility index (Phi) is 12.6. The molecule has 7 rings (SSSR count). The number of pyridine rings is 1. The van der Waals surface area contributed by atoms with Gasteiger partial charge in [0.1, 0.15) is 23.9 Å². The van der Waals surface area contributed by atoms with E-state index in [0.717, 1.165) is 51.0 Å². The van der Waals surface area contributed by atoms with Crippen molar-refractivity contribution in [1.29, 1.82) is 0 Å². The number of phenolic OH excluding ortho intramolecular Hbond substituents is 1. The van der Waals surface area contributed by atoms with Gasteiger partial charge in [-0.05, 0) is 110 Å². The van der Waals surface area contributed by atoms with Gasteiger partial charge in [0.25, 0.3) is 5.91 Å². The van der Waals surface area contributed by atoms with Crippen molar-refractivity contribution in [2.45, 2.75) is 111 Å². The summed E-state index contributed by atoms with van der Waals surface area (Å²) in [5.41, 5.74) is 9.74. The second-order valence-electron chi connectivity index (χ2n) is 18.5. The van der Waals surface area contributed by atoms with E-state index in [0.29, 0.717) is 37.9 Å². The number of amides is 3. The molecule has 6 bridgehead atoms. The van der Waals surface area contributed by atoms with E-state index < -0.39 is 41.3 Å². The van der Waals surface area contributed by atoms with Crippen molar-refractivity contribution in [1.82, 2.24) is 30.2 Å². The minimum Gasteiger partial charge on any atom is -0.508 e. The molecule has 13 nitrogen and oxygen atoms in total. The fourth-order valence-electron chi connectivity index (χ4n) is 9.31. The summed E-state index contributed by atoms with van der Waals surface area (Å²) in [6, 6.07) is 12.9. The first-order chi connectivity index (χ1) is 29.0. The van der Waals surface area contributed by atoms with Crippen LogP contribution < -0.4 is 10.7 Å². The number of hydrogen-bond donors (Lipinski definition) is 3. The molecule has 2 aromatic carbocycles. The van der Waals surface area contributed by atoms with Crippen LogP contribution in [0.4, 0.5) is 0 Å². The van der Waals surface area contributed by atoms with Gasteiger partial charge < -0.3 is 29.4 Å². The topological polar surface area (TPSA) is 155 Å². The highest BCUT2D eigenvalue weighted by molar-refractivity contribution is 5.96. The van der Waals surface area contributed by atoms with E-state index in [1.807, 2.05) is 45.9 Å². The number of aromatic hydroxyl groups is 1. The van der Waals surface area contributed by atoms with Gasteiger partial charge in [0.05, 0.1) is 24.1 Å². The SMILES string of the molecule is CCn1c(-c2cccnc2[C@H](C)OC)c2c3cc(ccc31)-c1cc(O)cc(c1)C[C@H](NC(=O)[C@H](C(C)C)N(C)C(=O)[C@@H]1C[C@@H]1C)C(=O)N1CCC[C@H](N1)C(=O)OCC(C)(C)C2. The first-order valence-corrected chi connectivity index (χ1v) is 21.8. The van der Waals surface area contributed by atoms with Crippen LogP contribution in [0.3, 0.4) is 0 Å². The summed E-state index contributed by atoms with van der Waals surface area (Å²) in [6.07, 6.45) is 3.91. The zero-order chi connectivity index (χ0) is 43.9. The summed E-state index contributed by atoms with van der Waals surface area (Å²) in [5, 5.41) is 16.7. The second kappa shape index (κ2) is 17.6. The van der Waals surface area contributed by atoms with Crippen LogP contribution in [-0.2, 0) is 48.0 Å².